The van der Waals surface area contributed by atoms with Gasteiger partial charge >= 0.3 is 5.97 Å². The smallest absolute Gasteiger partial charge is 0.328 e. The van der Waals surface area contributed by atoms with Gasteiger partial charge in [0.1, 0.15) is 5.54 Å². The highest BCUT2D eigenvalue weighted by Gasteiger charge is 2.44. The lowest BCUT2D eigenvalue weighted by Crippen LogP contribution is -2.48. The zero-order chi connectivity index (χ0) is 12.3. The molecule has 0 amide bonds. The fraction of sp³-hybridized carbons (Fsp3) is 0.462. The average Bonchev–Trinajstić information content (AvgIpc) is 2.70. The van der Waals surface area contributed by atoms with E-state index < -0.39 is 11.5 Å². The number of carboxylic acids is 1. The lowest BCUT2D eigenvalue weighted by atomic mass is 9.91. The Balaban J connectivity index is 2.28. The van der Waals surface area contributed by atoms with Gasteiger partial charge in [0, 0.05) is 0 Å². The minimum absolute atomic E-state index is 0.574. The van der Waals surface area contributed by atoms with Gasteiger partial charge in [-0.3, -0.25) is 5.32 Å². The molecule has 0 heterocycles. The number of fused-ring (bicyclic) bond motifs is 1. The molecule has 0 saturated carbocycles. The molecule has 0 bridgehead atoms. The second-order valence-corrected chi connectivity index (χ2v) is 4.44. The van der Waals surface area contributed by atoms with Gasteiger partial charge in [-0.05, 0) is 43.5 Å². The summed E-state index contributed by atoms with van der Waals surface area (Å²) >= 11 is 0. The van der Waals surface area contributed by atoms with Crippen molar-refractivity contribution in [2.45, 2.75) is 24.8 Å². The third-order valence-corrected chi connectivity index (χ3v) is 3.42. The Morgan fingerprint density at radius 1 is 1.47 bits per heavy atom. The Labute approximate surface area is 101 Å². The van der Waals surface area contributed by atoms with Crippen molar-refractivity contribution >= 4 is 5.97 Å². The van der Waals surface area contributed by atoms with Gasteiger partial charge in [-0.1, -0.05) is 24.3 Å². The van der Waals surface area contributed by atoms with Gasteiger partial charge in [-0.2, -0.15) is 0 Å². The van der Waals surface area contributed by atoms with Crippen LogP contribution in [0.25, 0.3) is 0 Å². The van der Waals surface area contributed by atoms with E-state index in [-0.39, 0.29) is 0 Å². The Bertz CT molecular complexity index is 420. The number of hydrogen-bond acceptors (Lipinski definition) is 3. The Kier molecular flexibility index (Phi) is 3.45. The number of rotatable bonds is 5. The SMILES string of the molecule is NCCCNC1(C(=O)O)CCc2ccccc21. The second kappa shape index (κ2) is 4.85. The molecule has 1 aliphatic carbocycles. The molecular formula is C13H18N2O2. The summed E-state index contributed by atoms with van der Waals surface area (Å²) in [5.74, 6) is -0.792. The topological polar surface area (TPSA) is 75.3 Å². The van der Waals surface area contributed by atoms with Crippen LogP contribution in [0, 0.1) is 0 Å². The molecule has 4 heteroatoms. The first kappa shape index (κ1) is 12.1. The molecule has 0 aliphatic heterocycles. The predicted octanol–water partition coefficient (Wildman–Crippen LogP) is 0.851. The number of benzene rings is 1. The van der Waals surface area contributed by atoms with Crippen molar-refractivity contribution in [1.82, 2.24) is 5.32 Å². The van der Waals surface area contributed by atoms with E-state index in [1.54, 1.807) is 0 Å². The molecule has 1 aliphatic rings. The van der Waals surface area contributed by atoms with Gasteiger partial charge in [-0.25, -0.2) is 4.79 Å². The molecule has 1 aromatic rings. The van der Waals surface area contributed by atoms with E-state index in [0.717, 1.165) is 24.0 Å². The van der Waals surface area contributed by atoms with Crippen LogP contribution < -0.4 is 11.1 Å². The Morgan fingerprint density at radius 3 is 2.94 bits per heavy atom. The van der Waals surface area contributed by atoms with Crippen LogP contribution in [0.3, 0.4) is 0 Å². The lowest BCUT2D eigenvalue weighted by molar-refractivity contribution is -0.145. The van der Waals surface area contributed by atoms with Crippen LogP contribution in [0.1, 0.15) is 24.0 Å². The monoisotopic (exact) mass is 234 g/mol. The summed E-state index contributed by atoms with van der Waals surface area (Å²) in [6.07, 6.45) is 2.22. The number of hydrogen-bond donors (Lipinski definition) is 3. The quantitative estimate of drug-likeness (QED) is 0.660. The molecule has 17 heavy (non-hydrogen) atoms. The molecule has 2 rings (SSSR count). The van der Waals surface area contributed by atoms with Gasteiger partial charge in [0.05, 0.1) is 0 Å². The number of aliphatic carboxylic acids is 1. The standard InChI is InChI=1S/C13H18N2O2/c14-8-3-9-15-13(12(16)17)7-6-10-4-1-2-5-11(10)13/h1-2,4-5,15H,3,6-9,14H2,(H,16,17). The van der Waals surface area contributed by atoms with E-state index in [4.69, 9.17) is 5.73 Å². The van der Waals surface area contributed by atoms with Gasteiger partial charge in [0.25, 0.3) is 0 Å². The van der Waals surface area contributed by atoms with E-state index in [2.05, 4.69) is 5.32 Å². The van der Waals surface area contributed by atoms with Gasteiger partial charge < -0.3 is 10.8 Å². The van der Waals surface area contributed by atoms with Crippen molar-refractivity contribution in [3.8, 4) is 0 Å². The summed E-state index contributed by atoms with van der Waals surface area (Å²) in [6.45, 7) is 1.21. The first-order chi connectivity index (χ1) is 8.20. The molecule has 1 aromatic carbocycles. The summed E-state index contributed by atoms with van der Waals surface area (Å²) in [5, 5.41) is 12.7. The highest BCUT2D eigenvalue weighted by molar-refractivity contribution is 5.82. The summed E-state index contributed by atoms with van der Waals surface area (Å²) in [5.41, 5.74) is 6.57. The van der Waals surface area contributed by atoms with Crippen molar-refractivity contribution in [2.24, 2.45) is 5.73 Å². The van der Waals surface area contributed by atoms with Crippen molar-refractivity contribution in [3.05, 3.63) is 35.4 Å². The first-order valence-electron chi connectivity index (χ1n) is 5.97. The molecule has 0 radical (unpaired) electrons. The number of carboxylic acid groups (broad SMARTS) is 1. The van der Waals surface area contributed by atoms with Crippen LogP contribution in [0.5, 0.6) is 0 Å². The fourth-order valence-electron chi connectivity index (χ4n) is 2.50. The number of nitrogens with two attached hydrogens (primary N) is 1. The summed E-state index contributed by atoms with van der Waals surface area (Å²) in [6, 6.07) is 7.76. The Hall–Kier alpha value is -1.39. The van der Waals surface area contributed by atoms with Crippen molar-refractivity contribution < 1.29 is 9.90 Å². The van der Waals surface area contributed by atoms with E-state index in [1.165, 1.54) is 0 Å². The van der Waals surface area contributed by atoms with E-state index in [1.807, 2.05) is 24.3 Å². The molecule has 0 aromatic heterocycles. The van der Waals surface area contributed by atoms with E-state index in [9.17, 15) is 9.90 Å². The molecule has 92 valence electrons. The minimum Gasteiger partial charge on any atom is -0.480 e. The van der Waals surface area contributed by atoms with Crippen molar-refractivity contribution in [1.29, 1.82) is 0 Å². The molecule has 4 N–H and O–H groups in total. The fourth-order valence-corrected chi connectivity index (χ4v) is 2.50. The van der Waals surface area contributed by atoms with Crippen molar-refractivity contribution in [2.75, 3.05) is 13.1 Å². The van der Waals surface area contributed by atoms with Crippen molar-refractivity contribution in [3.63, 3.8) is 0 Å². The average molecular weight is 234 g/mol. The van der Waals surface area contributed by atoms with E-state index in [0.29, 0.717) is 19.5 Å². The van der Waals surface area contributed by atoms with Crippen LogP contribution in [-0.4, -0.2) is 24.2 Å². The van der Waals surface area contributed by atoms with Crippen LogP contribution in [0.15, 0.2) is 24.3 Å². The minimum atomic E-state index is -0.911. The molecule has 1 unspecified atom stereocenters. The molecule has 0 fully saturated rings. The van der Waals surface area contributed by atoms with Crippen LogP contribution in [-0.2, 0) is 16.8 Å². The van der Waals surface area contributed by atoms with Crippen LogP contribution >= 0.6 is 0 Å². The maximum atomic E-state index is 11.6. The number of nitrogens with one attached hydrogen (secondary N) is 1. The van der Waals surface area contributed by atoms with E-state index >= 15 is 0 Å². The third kappa shape index (κ3) is 2.06. The van der Waals surface area contributed by atoms with Gasteiger partial charge in [0.2, 0.25) is 0 Å². The molecular weight excluding hydrogens is 216 g/mol. The van der Waals surface area contributed by atoms with Crippen LogP contribution in [0.4, 0.5) is 0 Å². The molecule has 1 atom stereocenters. The number of aryl methyl sites for hydroxylation is 1. The summed E-state index contributed by atoms with van der Waals surface area (Å²) in [7, 11) is 0. The predicted molar refractivity (Wildman–Crippen MR) is 65.8 cm³/mol. The molecule has 0 spiro atoms. The highest BCUT2D eigenvalue weighted by Crippen LogP contribution is 2.36. The maximum absolute atomic E-state index is 11.6. The van der Waals surface area contributed by atoms with Gasteiger partial charge in [0.15, 0.2) is 0 Å². The largest absolute Gasteiger partial charge is 0.480 e. The zero-order valence-corrected chi connectivity index (χ0v) is 9.78. The maximum Gasteiger partial charge on any atom is 0.328 e. The van der Waals surface area contributed by atoms with Gasteiger partial charge in [-0.15, -0.1) is 0 Å². The second-order valence-electron chi connectivity index (χ2n) is 4.44. The number of carbonyl (C=O) groups is 1. The summed E-state index contributed by atoms with van der Waals surface area (Å²) < 4.78 is 0. The first-order valence-corrected chi connectivity index (χ1v) is 5.97. The zero-order valence-electron chi connectivity index (χ0n) is 9.78. The molecule has 4 nitrogen and oxygen atoms in total. The normalized spacial score (nSPS) is 22.4. The lowest BCUT2D eigenvalue weighted by Gasteiger charge is -2.27. The highest BCUT2D eigenvalue weighted by atomic mass is 16.4. The Morgan fingerprint density at radius 2 is 2.24 bits per heavy atom. The van der Waals surface area contributed by atoms with Crippen LogP contribution in [0.2, 0.25) is 0 Å². The molecule has 0 saturated heterocycles. The third-order valence-electron chi connectivity index (χ3n) is 3.42. The summed E-state index contributed by atoms with van der Waals surface area (Å²) in [4.78, 5) is 11.6.